The molecular formula is C17H24FNO7S. The molecule has 0 spiro atoms. The van der Waals surface area contributed by atoms with Crippen LogP contribution in [0.25, 0.3) is 0 Å². The second kappa shape index (κ2) is 9.14. The first-order valence-electron chi connectivity index (χ1n) is 8.06. The average Bonchev–Trinajstić information content (AvgIpc) is 2.48. The fourth-order valence-electron chi connectivity index (χ4n) is 2.20. The van der Waals surface area contributed by atoms with Gasteiger partial charge in [0.05, 0.1) is 20.1 Å². The van der Waals surface area contributed by atoms with Gasteiger partial charge in [0.15, 0.2) is 0 Å². The Morgan fingerprint density at radius 1 is 1.19 bits per heavy atom. The Kier molecular flexibility index (Phi) is 7.73. The summed E-state index contributed by atoms with van der Waals surface area (Å²) in [7, 11) is -4.02. The summed E-state index contributed by atoms with van der Waals surface area (Å²) < 4.78 is 48.7. The van der Waals surface area contributed by atoms with Crippen molar-refractivity contribution < 1.29 is 35.5 Å². The van der Waals surface area contributed by atoms with Gasteiger partial charge in [-0.3, -0.25) is 9.59 Å². The topological polar surface area (TPSA) is 108 Å². The Bertz CT molecular complexity index is 800. The molecule has 0 amide bonds. The van der Waals surface area contributed by atoms with Crippen molar-refractivity contribution in [2.45, 2.75) is 46.3 Å². The smallest absolute Gasteiger partial charge is 0.469 e. The number of methoxy groups -OCH3 is 1. The molecule has 27 heavy (non-hydrogen) atoms. The molecule has 0 aromatic heterocycles. The van der Waals surface area contributed by atoms with Crippen molar-refractivity contribution in [1.82, 2.24) is 5.32 Å². The van der Waals surface area contributed by atoms with Gasteiger partial charge in [0.25, 0.3) is 0 Å². The molecule has 0 atom stereocenters. The second-order valence-electron chi connectivity index (χ2n) is 6.80. The molecule has 0 fully saturated rings. The summed E-state index contributed by atoms with van der Waals surface area (Å²) in [5.41, 5.74) is 0.631. The maximum Gasteiger partial charge on any atom is 0.488 e. The molecule has 0 aliphatic carbocycles. The fraction of sp³-hybridized carbons (Fsp3) is 0.529. The Morgan fingerprint density at radius 2 is 1.81 bits per heavy atom. The van der Waals surface area contributed by atoms with Crippen molar-refractivity contribution in [2.24, 2.45) is 0 Å². The summed E-state index contributed by atoms with van der Waals surface area (Å²) >= 11 is 0. The molecule has 10 heteroatoms. The number of nitrogens with one attached hydrogen (secondary N) is 1. The van der Waals surface area contributed by atoms with Crippen molar-refractivity contribution >= 4 is 22.4 Å². The maximum absolute atomic E-state index is 12.9. The highest BCUT2D eigenvalue weighted by Crippen LogP contribution is 2.26. The number of carbonyl (C=O) groups is 2. The van der Waals surface area contributed by atoms with Gasteiger partial charge in [-0.15, -0.1) is 0 Å². The van der Waals surface area contributed by atoms with Crippen molar-refractivity contribution in [2.75, 3.05) is 13.7 Å². The summed E-state index contributed by atoms with van der Waals surface area (Å²) in [4.78, 5) is 23.2. The number of ether oxygens (including phenoxy) is 2. The van der Waals surface area contributed by atoms with Crippen LogP contribution in [0.3, 0.4) is 0 Å². The SMILES string of the molecule is COC(=O)Cc1cc(CNCC(=O)OC(C)(C)C)c(C)c(OS(=O)(=O)F)c1. The van der Waals surface area contributed by atoms with E-state index in [4.69, 9.17) is 4.74 Å². The van der Waals surface area contributed by atoms with Gasteiger partial charge in [0, 0.05) is 6.54 Å². The van der Waals surface area contributed by atoms with Gasteiger partial charge in [-0.2, -0.15) is 8.42 Å². The summed E-state index contributed by atoms with van der Waals surface area (Å²) in [6.45, 7) is 6.82. The fourth-order valence-corrected chi connectivity index (χ4v) is 2.59. The van der Waals surface area contributed by atoms with Gasteiger partial charge in [-0.25, -0.2) is 0 Å². The first-order valence-corrected chi connectivity index (χ1v) is 9.37. The molecule has 0 unspecified atom stereocenters. The second-order valence-corrected chi connectivity index (χ2v) is 7.75. The van der Waals surface area contributed by atoms with E-state index in [1.165, 1.54) is 20.1 Å². The van der Waals surface area contributed by atoms with Gasteiger partial charge in [0.1, 0.15) is 11.4 Å². The lowest BCUT2D eigenvalue weighted by atomic mass is 10.0. The summed E-state index contributed by atoms with van der Waals surface area (Å²) in [6.07, 6.45) is -0.154. The highest BCUT2D eigenvalue weighted by molar-refractivity contribution is 7.81. The first kappa shape index (κ1) is 22.8. The van der Waals surface area contributed by atoms with E-state index >= 15 is 0 Å². The molecule has 0 saturated carbocycles. The molecule has 1 rings (SSSR count). The standard InChI is InChI=1S/C17H24FNO7S/c1-11-13(9-19-10-16(21)25-17(2,3)4)6-12(8-15(20)24-5)7-14(11)26-27(18,22)23/h6-7,19H,8-10H2,1-5H3. The zero-order valence-corrected chi connectivity index (χ0v) is 16.7. The predicted octanol–water partition coefficient (Wildman–Crippen LogP) is 1.73. The molecule has 0 aliphatic rings. The Morgan fingerprint density at radius 3 is 2.33 bits per heavy atom. The van der Waals surface area contributed by atoms with Crippen molar-refractivity contribution in [3.05, 3.63) is 28.8 Å². The van der Waals surface area contributed by atoms with Crippen LogP contribution in [0.2, 0.25) is 0 Å². The minimum Gasteiger partial charge on any atom is -0.469 e. The number of halogens is 1. The van der Waals surface area contributed by atoms with Crippen LogP contribution in [0, 0.1) is 6.92 Å². The van der Waals surface area contributed by atoms with E-state index in [1.54, 1.807) is 26.8 Å². The van der Waals surface area contributed by atoms with E-state index in [2.05, 4.69) is 14.2 Å². The molecule has 0 bridgehead atoms. The van der Waals surface area contributed by atoms with Crippen molar-refractivity contribution in [3.8, 4) is 5.75 Å². The monoisotopic (exact) mass is 405 g/mol. The van der Waals surface area contributed by atoms with Gasteiger partial charge in [0.2, 0.25) is 0 Å². The number of esters is 2. The highest BCUT2D eigenvalue weighted by atomic mass is 32.3. The Hall–Kier alpha value is -2.20. The quantitative estimate of drug-likeness (QED) is 0.515. The number of carbonyl (C=O) groups excluding carboxylic acids is 2. The van der Waals surface area contributed by atoms with Crippen LogP contribution < -0.4 is 9.50 Å². The molecule has 0 radical (unpaired) electrons. The van der Waals surface area contributed by atoms with Gasteiger partial charge < -0.3 is 19.0 Å². The Labute approximate surface area is 158 Å². The lowest BCUT2D eigenvalue weighted by Gasteiger charge is -2.20. The normalized spacial score (nSPS) is 11.8. The number of hydrogen-bond donors (Lipinski definition) is 1. The summed E-state index contributed by atoms with van der Waals surface area (Å²) in [6, 6.07) is 2.87. The molecule has 1 aromatic carbocycles. The predicted molar refractivity (Wildman–Crippen MR) is 95.1 cm³/mol. The van der Waals surface area contributed by atoms with Crippen LogP contribution >= 0.6 is 0 Å². The van der Waals surface area contributed by atoms with Crippen LogP contribution in [-0.2, 0) is 42.5 Å². The summed E-state index contributed by atoms with van der Waals surface area (Å²) in [5, 5.41) is 2.86. The molecule has 1 N–H and O–H groups in total. The van der Waals surface area contributed by atoms with Crippen molar-refractivity contribution in [3.63, 3.8) is 0 Å². The van der Waals surface area contributed by atoms with Gasteiger partial charge >= 0.3 is 22.4 Å². The number of hydrogen-bond acceptors (Lipinski definition) is 8. The molecule has 0 saturated heterocycles. The van der Waals surface area contributed by atoms with E-state index in [1.807, 2.05) is 0 Å². The first-order chi connectivity index (χ1) is 12.3. The van der Waals surface area contributed by atoms with E-state index in [0.717, 1.165) is 0 Å². The zero-order chi connectivity index (χ0) is 20.8. The van der Waals surface area contributed by atoms with Crippen LogP contribution in [0.1, 0.15) is 37.5 Å². The van der Waals surface area contributed by atoms with E-state index < -0.39 is 28.0 Å². The van der Waals surface area contributed by atoms with Crippen LogP contribution in [-0.4, -0.2) is 39.6 Å². The number of rotatable bonds is 8. The van der Waals surface area contributed by atoms with Crippen LogP contribution in [0.15, 0.2) is 12.1 Å². The minimum atomic E-state index is -5.23. The highest BCUT2D eigenvalue weighted by Gasteiger charge is 2.18. The zero-order valence-electron chi connectivity index (χ0n) is 15.9. The third-order valence-electron chi connectivity index (χ3n) is 3.30. The van der Waals surface area contributed by atoms with Crippen molar-refractivity contribution in [1.29, 1.82) is 0 Å². The van der Waals surface area contributed by atoms with E-state index in [-0.39, 0.29) is 25.3 Å². The van der Waals surface area contributed by atoms with Gasteiger partial charge in [-0.05, 0) is 50.5 Å². The third-order valence-corrected chi connectivity index (χ3v) is 3.68. The number of benzene rings is 1. The molecule has 0 aliphatic heterocycles. The largest absolute Gasteiger partial charge is 0.488 e. The van der Waals surface area contributed by atoms with Crippen LogP contribution in [0.5, 0.6) is 5.75 Å². The van der Waals surface area contributed by atoms with Crippen LogP contribution in [0.4, 0.5) is 3.89 Å². The average molecular weight is 405 g/mol. The van der Waals surface area contributed by atoms with Gasteiger partial charge in [-0.1, -0.05) is 9.95 Å². The lowest BCUT2D eigenvalue weighted by Crippen LogP contribution is -2.31. The van der Waals surface area contributed by atoms with E-state index in [9.17, 15) is 21.9 Å². The maximum atomic E-state index is 12.9. The minimum absolute atomic E-state index is 0.0878. The molecule has 152 valence electrons. The van der Waals surface area contributed by atoms with E-state index in [0.29, 0.717) is 16.7 Å². The molecule has 1 aromatic rings. The molecule has 0 heterocycles. The molecule has 8 nitrogen and oxygen atoms in total. The Balaban J connectivity index is 2.99. The molecular weight excluding hydrogens is 381 g/mol. The third kappa shape index (κ3) is 8.83. The summed E-state index contributed by atoms with van der Waals surface area (Å²) in [5.74, 6) is -1.26. The lowest BCUT2D eigenvalue weighted by molar-refractivity contribution is -0.153.